The van der Waals surface area contributed by atoms with Gasteiger partial charge >= 0.3 is 0 Å². The van der Waals surface area contributed by atoms with Gasteiger partial charge in [0, 0.05) is 37.0 Å². The monoisotopic (exact) mass is 434 g/mol. The van der Waals surface area contributed by atoms with Gasteiger partial charge in [0.25, 0.3) is 0 Å². The van der Waals surface area contributed by atoms with Crippen molar-refractivity contribution < 1.29 is 19.0 Å². The van der Waals surface area contributed by atoms with Gasteiger partial charge in [-0.05, 0) is 20.8 Å². The van der Waals surface area contributed by atoms with Gasteiger partial charge in [0.2, 0.25) is 5.78 Å². The Kier molecular flexibility index (Phi) is 9.80. The summed E-state index contributed by atoms with van der Waals surface area (Å²) in [7, 11) is 0. The first-order chi connectivity index (χ1) is 15.3. The Balaban J connectivity index is 2.46. The Morgan fingerprint density at radius 1 is 0.719 bits per heavy atom. The van der Waals surface area contributed by atoms with Crippen LogP contribution in [0.15, 0.2) is 78.9 Å². The molecule has 0 fully saturated rings. The van der Waals surface area contributed by atoms with E-state index in [0.29, 0.717) is 61.0 Å². The molecule has 0 aliphatic rings. The summed E-state index contributed by atoms with van der Waals surface area (Å²) in [6, 6.07) is 12.7. The van der Waals surface area contributed by atoms with E-state index in [2.05, 4.69) is 19.7 Å². The summed E-state index contributed by atoms with van der Waals surface area (Å²) in [5.74, 6) is 1.32. The lowest BCUT2D eigenvalue weighted by Gasteiger charge is -2.18. The van der Waals surface area contributed by atoms with E-state index in [1.807, 2.05) is 39.0 Å². The first-order valence-corrected chi connectivity index (χ1v) is 10.9. The van der Waals surface area contributed by atoms with E-state index in [9.17, 15) is 4.79 Å². The molecule has 0 spiro atoms. The number of hydrogen-bond donors (Lipinski definition) is 0. The van der Waals surface area contributed by atoms with Gasteiger partial charge in [-0.25, -0.2) is 0 Å². The lowest BCUT2D eigenvalue weighted by molar-refractivity contribution is 0.103. The zero-order valence-corrected chi connectivity index (χ0v) is 19.5. The van der Waals surface area contributed by atoms with E-state index >= 15 is 0 Å². The number of ether oxygens (including phenoxy) is 3. The number of carbonyl (C=O) groups excluding carboxylic acids is 1. The highest BCUT2D eigenvalue weighted by atomic mass is 16.5. The molecular formula is C28H34O4. The maximum Gasteiger partial charge on any atom is 0.200 e. The molecule has 32 heavy (non-hydrogen) atoms. The predicted octanol–water partition coefficient (Wildman–Crippen LogP) is 6.95. The lowest BCUT2D eigenvalue weighted by Crippen LogP contribution is -2.11. The summed E-state index contributed by atoms with van der Waals surface area (Å²) < 4.78 is 18.0. The minimum Gasteiger partial charge on any atom is -0.493 e. The van der Waals surface area contributed by atoms with Gasteiger partial charge in [0.1, 0.15) is 22.8 Å². The molecule has 0 heterocycles. The van der Waals surface area contributed by atoms with Crippen molar-refractivity contribution in [3.8, 4) is 17.2 Å². The second-order valence-corrected chi connectivity index (χ2v) is 8.16. The molecule has 170 valence electrons. The molecule has 0 amide bonds. The van der Waals surface area contributed by atoms with E-state index < -0.39 is 0 Å². The molecule has 0 atom stereocenters. The smallest absolute Gasteiger partial charge is 0.200 e. The van der Waals surface area contributed by atoms with E-state index in [4.69, 9.17) is 14.2 Å². The number of benzene rings is 2. The van der Waals surface area contributed by atoms with Crippen LogP contribution >= 0.6 is 0 Å². The minimum absolute atomic E-state index is 0.158. The van der Waals surface area contributed by atoms with Gasteiger partial charge in [0.15, 0.2) is 0 Å². The second-order valence-electron chi connectivity index (χ2n) is 8.16. The fraction of sp³-hybridized carbons (Fsp3) is 0.321. The van der Waals surface area contributed by atoms with Crippen molar-refractivity contribution in [1.29, 1.82) is 0 Å². The molecule has 0 N–H and O–H groups in total. The van der Waals surface area contributed by atoms with Crippen LogP contribution in [0.1, 0.15) is 56.0 Å². The highest BCUT2D eigenvalue weighted by Gasteiger charge is 2.23. The van der Waals surface area contributed by atoms with Gasteiger partial charge in [-0.3, -0.25) is 4.79 Å². The summed E-state index contributed by atoms with van der Waals surface area (Å²) in [5.41, 5.74) is 4.02. The largest absolute Gasteiger partial charge is 0.493 e. The van der Waals surface area contributed by atoms with Gasteiger partial charge in [0.05, 0.1) is 19.8 Å². The van der Waals surface area contributed by atoms with Gasteiger partial charge in [-0.1, -0.05) is 47.1 Å². The van der Waals surface area contributed by atoms with Gasteiger partial charge in [-0.2, -0.15) is 0 Å². The van der Waals surface area contributed by atoms with Crippen LogP contribution in [0.2, 0.25) is 0 Å². The maximum absolute atomic E-state index is 13.4. The lowest BCUT2D eigenvalue weighted by atomic mass is 10.0. The van der Waals surface area contributed by atoms with E-state index in [0.717, 1.165) is 23.1 Å². The topological polar surface area (TPSA) is 44.8 Å². The zero-order chi connectivity index (χ0) is 23.5. The molecule has 0 unspecified atom stereocenters. The number of hydrogen-bond acceptors (Lipinski definition) is 4. The summed E-state index contributed by atoms with van der Waals surface area (Å²) >= 11 is 0. The Morgan fingerprint density at radius 3 is 1.59 bits per heavy atom. The fourth-order valence-electron chi connectivity index (χ4n) is 2.85. The Labute approximate surface area is 192 Å². The minimum atomic E-state index is -0.158. The van der Waals surface area contributed by atoms with Crippen molar-refractivity contribution in [2.24, 2.45) is 0 Å². The maximum atomic E-state index is 13.4. The zero-order valence-electron chi connectivity index (χ0n) is 19.5. The molecule has 4 heteroatoms. The summed E-state index contributed by atoms with van der Waals surface area (Å²) in [4.78, 5) is 13.4. The Hall–Kier alpha value is -3.27. The van der Waals surface area contributed by atoms with Crippen molar-refractivity contribution in [1.82, 2.24) is 0 Å². The predicted molar refractivity (Wildman–Crippen MR) is 131 cm³/mol. The second kappa shape index (κ2) is 12.6. The average Bonchev–Trinajstić information content (AvgIpc) is 2.73. The molecule has 0 bridgehead atoms. The van der Waals surface area contributed by atoms with Crippen LogP contribution in [0, 0.1) is 0 Å². The standard InChI is InChI=1S/C28H34O4/c1-20(2)12-15-30-24-18-25(31-16-13-21(3)4)27(26(19-24)32-17-14-22(5)6)28(29)23-10-8-7-9-11-23/h7-11,18-19H,1,3,5,12-17H2,2,4,6H3. The van der Waals surface area contributed by atoms with Crippen LogP contribution in [-0.2, 0) is 0 Å². The third kappa shape index (κ3) is 8.10. The van der Waals surface area contributed by atoms with Gasteiger partial charge < -0.3 is 14.2 Å². The molecule has 2 rings (SSSR count). The SMILES string of the molecule is C=C(C)CCOc1cc(OCCC(=C)C)c(C(=O)c2ccccc2)c(OCCC(=C)C)c1. The highest BCUT2D eigenvalue weighted by molar-refractivity contribution is 6.12. The molecule has 2 aromatic rings. The Morgan fingerprint density at radius 2 is 1.16 bits per heavy atom. The highest BCUT2D eigenvalue weighted by Crippen LogP contribution is 2.37. The van der Waals surface area contributed by atoms with E-state index in [1.165, 1.54) is 0 Å². The third-order valence-electron chi connectivity index (χ3n) is 4.67. The summed E-state index contributed by atoms with van der Waals surface area (Å²) in [5, 5.41) is 0. The van der Waals surface area contributed by atoms with Gasteiger partial charge in [-0.15, -0.1) is 19.7 Å². The summed E-state index contributed by atoms with van der Waals surface area (Å²) in [6.45, 7) is 18.9. The molecule has 0 saturated heterocycles. The van der Waals surface area contributed by atoms with Crippen LogP contribution in [-0.4, -0.2) is 25.6 Å². The first-order valence-electron chi connectivity index (χ1n) is 10.9. The Bertz CT molecular complexity index is 916. The van der Waals surface area contributed by atoms with E-state index in [1.54, 1.807) is 24.3 Å². The molecule has 0 aliphatic heterocycles. The first kappa shape index (κ1) is 25.0. The normalized spacial score (nSPS) is 10.3. The van der Waals surface area contributed by atoms with Crippen molar-refractivity contribution in [3.05, 3.63) is 90.0 Å². The number of ketones is 1. The van der Waals surface area contributed by atoms with Crippen LogP contribution in [0.25, 0.3) is 0 Å². The van der Waals surface area contributed by atoms with Crippen LogP contribution in [0.5, 0.6) is 17.2 Å². The van der Waals surface area contributed by atoms with Crippen LogP contribution in [0.3, 0.4) is 0 Å². The van der Waals surface area contributed by atoms with Crippen molar-refractivity contribution in [2.75, 3.05) is 19.8 Å². The molecule has 0 radical (unpaired) electrons. The third-order valence-corrected chi connectivity index (χ3v) is 4.67. The number of rotatable bonds is 14. The van der Waals surface area contributed by atoms with Crippen molar-refractivity contribution >= 4 is 5.78 Å². The fourth-order valence-corrected chi connectivity index (χ4v) is 2.85. The number of carbonyl (C=O) groups is 1. The quantitative estimate of drug-likeness (QED) is 0.238. The van der Waals surface area contributed by atoms with Crippen LogP contribution in [0.4, 0.5) is 0 Å². The average molecular weight is 435 g/mol. The molecule has 0 aromatic heterocycles. The molecule has 0 saturated carbocycles. The molecular weight excluding hydrogens is 400 g/mol. The van der Waals surface area contributed by atoms with Crippen molar-refractivity contribution in [3.63, 3.8) is 0 Å². The molecule has 2 aromatic carbocycles. The molecule has 0 aliphatic carbocycles. The van der Waals surface area contributed by atoms with Crippen LogP contribution < -0.4 is 14.2 Å². The molecule has 4 nitrogen and oxygen atoms in total. The summed E-state index contributed by atoms with van der Waals surface area (Å²) in [6.07, 6.45) is 2.11. The van der Waals surface area contributed by atoms with Crippen molar-refractivity contribution in [2.45, 2.75) is 40.0 Å². The van der Waals surface area contributed by atoms with E-state index in [-0.39, 0.29) is 5.78 Å².